The maximum atomic E-state index is 14.1. The number of carbonyl (C=O) groups excluding carboxylic acids is 3. The summed E-state index contributed by atoms with van der Waals surface area (Å²) in [5.74, 6) is -1.92. The van der Waals surface area contributed by atoms with Gasteiger partial charge in [-0.3, -0.25) is 19.2 Å². The van der Waals surface area contributed by atoms with Gasteiger partial charge in [0.25, 0.3) is 5.56 Å². The molecule has 0 aliphatic carbocycles. The zero-order chi connectivity index (χ0) is 34.7. The molecule has 48 heavy (non-hydrogen) atoms. The van der Waals surface area contributed by atoms with E-state index in [-0.39, 0.29) is 18.5 Å². The molecule has 0 radical (unpaired) electrons. The van der Waals surface area contributed by atoms with Gasteiger partial charge in [-0.25, -0.2) is 4.68 Å². The van der Waals surface area contributed by atoms with Crippen LogP contribution in [0.1, 0.15) is 70.3 Å². The topological polar surface area (TPSA) is 140 Å². The van der Waals surface area contributed by atoms with Crippen LogP contribution >= 0.6 is 0 Å². The molecule has 0 saturated carbocycles. The molecule has 0 aliphatic heterocycles. The first-order chi connectivity index (χ1) is 22.6. The molecule has 5 aromatic rings. The number of hydrogen-bond acceptors (Lipinski definition) is 10. The van der Waals surface area contributed by atoms with Gasteiger partial charge in [0.05, 0.1) is 10.9 Å². The van der Waals surface area contributed by atoms with E-state index in [0.717, 1.165) is 10.2 Å². The molecule has 0 spiro atoms. The van der Waals surface area contributed by atoms with Crippen molar-refractivity contribution in [2.75, 3.05) is 0 Å². The summed E-state index contributed by atoms with van der Waals surface area (Å²) in [7, 11) is 0. The van der Waals surface area contributed by atoms with E-state index in [1.807, 2.05) is 30.3 Å². The fourth-order valence-corrected chi connectivity index (χ4v) is 5.16. The van der Waals surface area contributed by atoms with E-state index >= 15 is 0 Å². The van der Waals surface area contributed by atoms with E-state index in [2.05, 4.69) is 10.3 Å². The van der Waals surface area contributed by atoms with Gasteiger partial charge < -0.3 is 18.6 Å². The summed E-state index contributed by atoms with van der Waals surface area (Å²) in [5.41, 5.74) is -2.67. The molecule has 2 aromatic heterocycles. The third-order valence-corrected chi connectivity index (χ3v) is 7.52. The van der Waals surface area contributed by atoms with E-state index in [9.17, 15) is 19.2 Å². The number of nitrogens with zero attached hydrogens (tertiary/aromatic N) is 3. The predicted octanol–water partition coefficient (Wildman–Crippen LogP) is 6.45. The van der Waals surface area contributed by atoms with Crippen LogP contribution in [0.5, 0.6) is 5.75 Å². The lowest BCUT2D eigenvalue weighted by molar-refractivity contribution is -0.186. The van der Waals surface area contributed by atoms with Gasteiger partial charge in [0.1, 0.15) is 40.9 Å². The molecule has 0 N–H and O–H groups in total. The standard InChI is InChI=1S/C37H39N3O8/c1-35(2,3)47-33(43)37(34(44)48-36(4,5)6,18-19-40-32(42)27-14-10-11-15-29(27)38-39-40)21-30(41)28-23-46-31-20-25(16-17-26(28)31)45-22-24-12-8-7-9-13-24/h7-17,20,23H,18-19,21-22H2,1-6H3. The second-order valence-electron chi connectivity index (χ2n) is 13.7. The van der Waals surface area contributed by atoms with Crippen LogP contribution in [0.3, 0.4) is 0 Å². The van der Waals surface area contributed by atoms with Gasteiger partial charge in [-0.1, -0.05) is 47.7 Å². The molecule has 0 bridgehead atoms. The third-order valence-electron chi connectivity index (χ3n) is 7.52. The van der Waals surface area contributed by atoms with E-state index in [4.69, 9.17) is 18.6 Å². The molecule has 5 rings (SSSR count). The lowest BCUT2D eigenvalue weighted by Gasteiger charge is -2.34. The highest BCUT2D eigenvalue weighted by Crippen LogP contribution is 2.37. The fourth-order valence-electron chi connectivity index (χ4n) is 5.16. The van der Waals surface area contributed by atoms with Crippen LogP contribution in [0.25, 0.3) is 21.9 Å². The van der Waals surface area contributed by atoms with Gasteiger partial charge in [0.2, 0.25) is 0 Å². The summed E-state index contributed by atoms with van der Waals surface area (Å²) >= 11 is 0. The summed E-state index contributed by atoms with van der Waals surface area (Å²) in [6, 6.07) is 21.5. The van der Waals surface area contributed by atoms with Gasteiger partial charge in [0.15, 0.2) is 11.2 Å². The molecule has 0 atom stereocenters. The number of ketones is 1. The van der Waals surface area contributed by atoms with Crippen molar-refractivity contribution >= 4 is 39.6 Å². The summed E-state index contributed by atoms with van der Waals surface area (Å²) in [6.07, 6.45) is 0.346. The molecule has 0 amide bonds. The smallest absolute Gasteiger partial charge is 0.324 e. The Morgan fingerprint density at radius 3 is 2.12 bits per heavy atom. The fraction of sp³-hybridized carbons (Fsp3) is 0.351. The highest BCUT2D eigenvalue weighted by molar-refractivity contribution is 6.12. The molecule has 0 aliphatic rings. The Labute approximate surface area is 277 Å². The van der Waals surface area contributed by atoms with Crippen molar-refractivity contribution in [3.8, 4) is 5.75 Å². The normalized spacial score (nSPS) is 12.2. The highest BCUT2D eigenvalue weighted by Gasteiger charge is 2.52. The van der Waals surface area contributed by atoms with Crippen molar-refractivity contribution < 1.29 is 33.0 Å². The summed E-state index contributed by atoms with van der Waals surface area (Å²) in [4.78, 5) is 55.6. The first kappa shape index (κ1) is 34.0. The Kier molecular flexibility index (Phi) is 9.52. The average Bonchev–Trinajstić information content (AvgIpc) is 3.45. The van der Waals surface area contributed by atoms with Crippen LogP contribution in [-0.4, -0.2) is 43.9 Å². The quantitative estimate of drug-likeness (QED) is 0.0887. The number of aromatic nitrogens is 3. The second kappa shape index (κ2) is 13.4. The minimum Gasteiger partial charge on any atom is -0.489 e. The number of hydrogen-bond donors (Lipinski definition) is 0. The predicted molar refractivity (Wildman–Crippen MR) is 178 cm³/mol. The van der Waals surface area contributed by atoms with Crippen LogP contribution in [-0.2, 0) is 32.2 Å². The Hall–Kier alpha value is -5.32. The lowest BCUT2D eigenvalue weighted by Crippen LogP contribution is -2.49. The van der Waals surface area contributed by atoms with Crippen LogP contribution < -0.4 is 10.3 Å². The number of esters is 2. The zero-order valence-electron chi connectivity index (χ0n) is 27.9. The third kappa shape index (κ3) is 7.79. The average molecular weight is 654 g/mol. The van der Waals surface area contributed by atoms with Crippen molar-refractivity contribution in [1.82, 2.24) is 15.0 Å². The van der Waals surface area contributed by atoms with Crippen LogP contribution in [0.15, 0.2) is 88.3 Å². The number of benzene rings is 3. The molecule has 3 aromatic carbocycles. The number of ether oxygens (including phenoxy) is 3. The molecule has 250 valence electrons. The number of carbonyl (C=O) groups is 3. The van der Waals surface area contributed by atoms with E-state index in [1.165, 1.54) is 6.26 Å². The van der Waals surface area contributed by atoms with Crippen molar-refractivity contribution in [2.24, 2.45) is 5.41 Å². The van der Waals surface area contributed by atoms with Gasteiger partial charge in [-0.15, -0.1) is 5.10 Å². The SMILES string of the molecule is CC(C)(C)OC(=O)C(CCn1nnc2ccccc2c1=O)(CC(=O)c1coc2cc(OCc3ccccc3)ccc12)C(=O)OC(C)(C)C. The molecule has 0 fully saturated rings. The molecule has 11 heteroatoms. The molecule has 2 heterocycles. The lowest BCUT2D eigenvalue weighted by atomic mass is 9.78. The van der Waals surface area contributed by atoms with E-state index < -0.39 is 46.3 Å². The van der Waals surface area contributed by atoms with Gasteiger partial charge >= 0.3 is 11.9 Å². The van der Waals surface area contributed by atoms with Crippen molar-refractivity contribution in [1.29, 1.82) is 0 Å². The summed E-state index contributed by atoms with van der Waals surface area (Å²) < 4.78 is 24.2. The zero-order valence-corrected chi connectivity index (χ0v) is 27.9. The maximum Gasteiger partial charge on any atom is 0.324 e. The van der Waals surface area contributed by atoms with Gasteiger partial charge in [-0.2, -0.15) is 0 Å². The van der Waals surface area contributed by atoms with E-state index in [1.54, 1.807) is 84.0 Å². The maximum absolute atomic E-state index is 14.1. The first-order valence-electron chi connectivity index (χ1n) is 15.7. The molecular formula is C37H39N3O8. The Morgan fingerprint density at radius 2 is 1.46 bits per heavy atom. The number of rotatable bonds is 11. The number of furan rings is 1. The Morgan fingerprint density at radius 1 is 0.812 bits per heavy atom. The second-order valence-corrected chi connectivity index (χ2v) is 13.7. The van der Waals surface area contributed by atoms with Crippen molar-refractivity contribution in [2.45, 2.75) is 78.7 Å². The van der Waals surface area contributed by atoms with Crippen LogP contribution in [0.4, 0.5) is 0 Å². The summed E-state index contributed by atoms with van der Waals surface area (Å²) in [5, 5.41) is 8.94. The number of Topliss-reactive ketones (excluding diaryl/α,β-unsaturated/α-hetero) is 1. The van der Waals surface area contributed by atoms with Gasteiger partial charge in [-0.05, 0) is 77.8 Å². The summed E-state index contributed by atoms with van der Waals surface area (Å²) in [6.45, 7) is 10.1. The van der Waals surface area contributed by atoms with Crippen LogP contribution in [0.2, 0.25) is 0 Å². The molecular weight excluding hydrogens is 614 g/mol. The molecule has 0 unspecified atom stereocenters. The number of fused-ring (bicyclic) bond motifs is 2. The largest absolute Gasteiger partial charge is 0.489 e. The highest BCUT2D eigenvalue weighted by atomic mass is 16.6. The van der Waals surface area contributed by atoms with E-state index in [0.29, 0.717) is 34.2 Å². The molecule has 11 nitrogen and oxygen atoms in total. The minimum absolute atomic E-state index is 0.166. The Bertz CT molecular complexity index is 1990. The first-order valence-corrected chi connectivity index (χ1v) is 15.7. The van der Waals surface area contributed by atoms with Crippen molar-refractivity contribution in [3.63, 3.8) is 0 Å². The van der Waals surface area contributed by atoms with Gasteiger partial charge in [0, 0.05) is 24.4 Å². The Balaban J connectivity index is 1.50. The number of aryl methyl sites for hydroxylation is 1. The monoisotopic (exact) mass is 653 g/mol. The van der Waals surface area contributed by atoms with Crippen LogP contribution in [0, 0.1) is 5.41 Å². The molecule has 0 saturated heterocycles. The van der Waals surface area contributed by atoms with Crippen molar-refractivity contribution in [3.05, 3.63) is 101 Å². The minimum atomic E-state index is -2.15.